The highest BCUT2D eigenvalue weighted by Crippen LogP contribution is 2.27. The maximum atomic E-state index is 13.4. The van der Waals surface area contributed by atoms with Gasteiger partial charge in [0.15, 0.2) is 0 Å². The molecule has 0 aliphatic carbocycles. The van der Waals surface area contributed by atoms with Crippen LogP contribution in [0.4, 0.5) is 4.39 Å². The monoisotopic (exact) mass is 452 g/mol. The van der Waals surface area contributed by atoms with Gasteiger partial charge in [-0.2, -0.15) is 0 Å². The molecule has 4 aromatic rings. The number of rotatable bonds is 4. The Morgan fingerprint density at radius 2 is 1.97 bits per heavy atom. The van der Waals surface area contributed by atoms with Crippen molar-refractivity contribution < 1.29 is 13.6 Å². The largest absolute Gasteiger partial charge is 0.459 e. The van der Waals surface area contributed by atoms with E-state index in [0.29, 0.717) is 41.6 Å². The molecular weight excluding hydrogens is 435 g/mol. The number of hydrogen-bond acceptors (Lipinski definition) is 4. The minimum Gasteiger partial charge on any atom is -0.459 e. The lowest BCUT2D eigenvalue weighted by Gasteiger charge is -2.29. The summed E-state index contributed by atoms with van der Waals surface area (Å²) in [5.41, 5.74) is 1.99. The highest BCUT2D eigenvalue weighted by atomic mass is 35.5. The number of fused-ring (bicyclic) bond motifs is 1. The van der Waals surface area contributed by atoms with Crippen molar-refractivity contribution in [3.05, 3.63) is 93.3 Å². The number of carbonyl (C=O) groups is 1. The Morgan fingerprint density at radius 3 is 2.72 bits per heavy atom. The molecule has 0 fully saturated rings. The highest BCUT2D eigenvalue weighted by molar-refractivity contribution is 6.31. The summed E-state index contributed by atoms with van der Waals surface area (Å²) in [6.45, 7) is 2.85. The normalized spacial score (nSPS) is 13.5. The van der Waals surface area contributed by atoms with E-state index < -0.39 is 5.82 Å². The molecule has 5 rings (SSSR count). The van der Waals surface area contributed by atoms with E-state index >= 15 is 0 Å². The smallest absolute Gasteiger partial charge is 0.275 e. The molecule has 3 aromatic heterocycles. The van der Waals surface area contributed by atoms with Crippen molar-refractivity contribution in [3.63, 3.8) is 0 Å². The minimum atomic E-state index is -0.499. The van der Waals surface area contributed by atoms with Gasteiger partial charge in [-0.05, 0) is 49.4 Å². The molecule has 0 unspecified atom stereocenters. The number of aryl methyl sites for hydroxylation is 1. The van der Waals surface area contributed by atoms with E-state index in [-0.39, 0.29) is 23.0 Å². The Balaban J connectivity index is 1.37. The third kappa shape index (κ3) is 3.52. The Bertz CT molecular complexity index is 1400. The maximum absolute atomic E-state index is 13.4. The number of benzene rings is 1. The fraction of sp³-hybridized carbons (Fsp3) is 0.174. The van der Waals surface area contributed by atoms with E-state index in [1.807, 2.05) is 6.92 Å². The summed E-state index contributed by atoms with van der Waals surface area (Å²) < 4.78 is 22.4. The molecule has 0 N–H and O–H groups in total. The molecule has 1 aromatic carbocycles. The first-order valence-corrected chi connectivity index (χ1v) is 10.4. The quantitative estimate of drug-likeness (QED) is 0.468. The first-order chi connectivity index (χ1) is 15.4. The lowest BCUT2D eigenvalue weighted by atomic mass is 10.2. The molecule has 0 atom stereocenters. The molecule has 4 heterocycles. The molecule has 1 aliphatic rings. The van der Waals surface area contributed by atoms with Crippen LogP contribution in [0.25, 0.3) is 17.0 Å². The van der Waals surface area contributed by atoms with E-state index in [4.69, 9.17) is 16.0 Å². The SMILES string of the molecule is Cc1cn(-c2ccc3n(c2=O)CCN(Cc2ccc(-c4ccc(F)c(Cl)c4)o2)C3=O)cn1. The second-order valence-electron chi connectivity index (χ2n) is 7.60. The molecule has 9 heteroatoms. The number of pyridine rings is 1. The van der Waals surface area contributed by atoms with Crippen LogP contribution in [-0.4, -0.2) is 31.5 Å². The van der Waals surface area contributed by atoms with Gasteiger partial charge in [0, 0.05) is 24.8 Å². The number of halogens is 2. The van der Waals surface area contributed by atoms with Gasteiger partial charge >= 0.3 is 0 Å². The lowest BCUT2D eigenvalue weighted by Crippen LogP contribution is -2.44. The third-order valence-electron chi connectivity index (χ3n) is 5.46. The first-order valence-electron chi connectivity index (χ1n) is 9.99. The van der Waals surface area contributed by atoms with Gasteiger partial charge in [-0.15, -0.1) is 0 Å². The maximum Gasteiger partial charge on any atom is 0.275 e. The molecule has 7 nitrogen and oxygen atoms in total. The Hall–Kier alpha value is -3.65. The Morgan fingerprint density at radius 1 is 1.12 bits per heavy atom. The molecule has 1 aliphatic heterocycles. The van der Waals surface area contributed by atoms with Crippen molar-refractivity contribution in [2.24, 2.45) is 0 Å². The molecule has 1 amide bonds. The zero-order valence-electron chi connectivity index (χ0n) is 17.1. The Kier molecular flexibility index (Phi) is 4.94. The summed E-state index contributed by atoms with van der Waals surface area (Å²) in [7, 11) is 0. The van der Waals surface area contributed by atoms with Crippen LogP contribution in [0.5, 0.6) is 0 Å². The number of aromatic nitrogens is 3. The molecule has 0 saturated heterocycles. The minimum absolute atomic E-state index is 0.0129. The highest BCUT2D eigenvalue weighted by Gasteiger charge is 2.27. The summed E-state index contributed by atoms with van der Waals surface area (Å²) in [5, 5.41) is 0.0129. The zero-order valence-corrected chi connectivity index (χ0v) is 17.8. The van der Waals surface area contributed by atoms with Crippen molar-refractivity contribution in [2.45, 2.75) is 20.0 Å². The van der Waals surface area contributed by atoms with Crippen LogP contribution in [0.3, 0.4) is 0 Å². The summed E-state index contributed by atoms with van der Waals surface area (Å²) in [6, 6.07) is 11.2. The van der Waals surface area contributed by atoms with Crippen molar-refractivity contribution in [1.29, 1.82) is 0 Å². The number of carbonyl (C=O) groups excluding carboxylic acids is 1. The van der Waals surface area contributed by atoms with Gasteiger partial charge < -0.3 is 18.5 Å². The van der Waals surface area contributed by atoms with E-state index in [1.54, 1.807) is 52.3 Å². The van der Waals surface area contributed by atoms with E-state index in [1.165, 1.54) is 16.7 Å². The van der Waals surface area contributed by atoms with Crippen LogP contribution >= 0.6 is 11.6 Å². The summed E-state index contributed by atoms with van der Waals surface area (Å²) >= 11 is 5.85. The third-order valence-corrected chi connectivity index (χ3v) is 5.75. The van der Waals surface area contributed by atoms with Gasteiger partial charge in [0.2, 0.25) is 0 Å². The van der Waals surface area contributed by atoms with E-state index in [0.717, 1.165) is 5.69 Å². The summed E-state index contributed by atoms with van der Waals surface area (Å²) in [6.07, 6.45) is 3.35. The van der Waals surface area contributed by atoms with Crippen LogP contribution in [0.15, 0.2) is 64.2 Å². The van der Waals surface area contributed by atoms with Crippen LogP contribution in [-0.2, 0) is 13.1 Å². The predicted molar refractivity (Wildman–Crippen MR) is 116 cm³/mol. The van der Waals surface area contributed by atoms with Gasteiger partial charge in [0.1, 0.15) is 28.7 Å². The average molecular weight is 453 g/mol. The van der Waals surface area contributed by atoms with Gasteiger partial charge in [0.05, 0.1) is 23.6 Å². The number of hydrogen-bond donors (Lipinski definition) is 0. The van der Waals surface area contributed by atoms with E-state index in [9.17, 15) is 14.0 Å². The number of furan rings is 1. The first kappa shape index (κ1) is 20.3. The second kappa shape index (κ2) is 7.80. The van der Waals surface area contributed by atoms with Crippen LogP contribution < -0.4 is 5.56 Å². The van der Waals surface area contributed by atoms with Crippen LogP contribution in [0.1, 0.15) is 21.9 Å². The van der Waals surface area contributed by atoms with Crippen molar-refractivity contribution in [3.8, 4) is 17.0 Å². The number of imidazole rings is 1. The van der Waals surface area contributed by atoms with Crippen molar-refractivity contribution >= 4 is 17.5 Å². The average Bonchev–Trinajstić information content (AvgIpc) is 3.42. The molecule has 162 valence electrons. The number of amides is 1. The summed E-state index contributed by atoms with van der Waals surface area (Å²) in [5.74, 6) is 0.365. The number of nitrogens with zero attached hydrogens (tertiary/aromatic N) is 4. The molecule has 0 saturated carbocycles. The van der Waals surface area contributed by atoms with Crippen LogP contribution in [0, 0.1) is 12.7 Å². The molecule has 0 radical (unpaired) electrons. The van der Waals surface area contributed by atoms with Gasteiger partial charge in [-0.1, -0.05) is 11.6 Å². The molecule has 32 heavy (non-hydrogen) atoms. The predicted octanol–water partition coefficient (Wildman–Crippen LogP) is 4.05. The summed E-state index contributed by atoms with van der Waals surface area (Å²) in [4.78, 5) is 31.8. The van der Waals surface area contributed by atoms with Crippen molar-refractivity contribution in [2.75, 3.05) is 6.54 Å². The van der Waals surface area contributed by atoms with Crippen molar-refractivity contribution in [1.82, 2.24) is 19.0 Å². The Labute approximate surface area is 187 Å². The fourth-order valence-corrected chi connectivity index (χ4v) is 4.00. The fourth-order valence-electron chi connectivity index (χ4n) is 3.82. The van der Waals surface area contributed by atoms with Gasteiger partial charge in [-0.3, -0.25) is 9.59 Å². The zero-order chi connectivity index (χ0) is 22.4. The molecule has 0 bridgehead atoms. The lowest BCUT2D eigenvalue weighted by molar-refractivity contribution is 0.0674. The van der Waals surface area contributed by atoms with Crippen LogP contribution in [0.2, 0.25) is 5.02 Å². The molecular formula is C23H18ClFN4O3. The van der Waals surface area contributed by atoms with Gasteiger partial charge in [0.25, 0.3) is 11.5 Å². The standard InChI is InChI=1S/C23H18ClFN4O3/c1-14-11-28(13-26-14)19-5-6-20-22(30)27(8-9-29(20)23(19)31)12-16-3-7-21(32-16)15-2-4-18(25)17(24)10-15/h2-7,10-11,13H,8-9,12H2,1H3. The topological polar surface area (TPSA) is 73.3 Å². The van der Waals surface area contributed by atoms with Gasteiger partial charge in [-0.25, -0.2) is 9.37 Å². The van der Waals surface area contributed by atoms with E-state index in [2.05, 4.69) is 4.98 Å². The molecule has 0 spiro atoms. The second-order valence-corrected chi connectivity index (χ2v) is 8.01.